The van der Waals surface area contributed by atoms with Crippen LogP contribution in [-0.4, -0.2) is 42.6 Å². The fraction of sp³-hybridized carbons (Fsp3) is 0.286. The van der Waals surface area contributed by atoms with Crippen molar-refractivity contribution in [1.29, 1.82) is 0 Å². The smallest absolute Gasteiger partial charge is 0.173 e. The van der Waals surface area contributed by atoms with E-state index in [1.165, 1.54) is 0 Å². The summed E-state index contributed by atoms with van der Waals surface area (Å²) in [7, 11) is 0. The largest absolute Gasteiger partial charge is 0.353 e. The van der Waals surface area contributed by atoms with E-state index in [2.05, 4.69) is 41.0 Å². The molecule has 1 atom stereocenters. The van der Waals surface area contributed by atoms with Gasteiger partial charge in [-0.1, -0.05) is 0 Å². The van der Waals surface area contributed by atoms with Crippen LogP contribution in [0, 0.1) is 0 Å². The Bertz CT molecular complexity index is 767. The molecule has 1 saturated heterocycles. The van der Waals surface area contributed by atoms with Gasteiger partial charge in [-0.05, 0) is 28.4 Å². The van der Waals surface area contributed by atoms with Gasteiger partial charge in [-0.3, -0.25) is 9.67 Å². The fourth-order valence-corrected chi connectivity index (χ4v) is 2.99. The van der Waals surface area contributed by atoms with Gasteiger partial charge in [0.15, 0.2) is 5.82 Å². The zero-order valence-electron chi connectivity index (χ0n) is 11.7. The highest BCUT2D eigenvalue weighted by Crippen LogP contribution is 2.26. The highest BCUT2D eigenvalue weighted by Gasteiger charge is 2.25. The lowest BCUT2D eigenvalue weighted by atomic mass is 10.3. The molecule has 0 saturated carbocycles. The number of hydrogen-bond donors (Lipinski definition) is 0. The molecule has 1 unspecified atom stereocenters. The molecule has 0 aromatic carbocycles. The quantitative estimate of drug-likeness (QED) is 0.716. The molecule has 0 N–H and O–H groups in total. The minimum absolute atomic E-state index is 0.362. The second-order valence-corrected chi connectivity index (χ2v) is 6.13. The maximum absolute atomic E-state index is 4.66. The van der Waals surface area contributed by atoms with Crippen molar-refractivity contribution in [3.05, 3.63) is 47.7 Å². The first-order valence-corrected chi connectivity index (χ1v) is 7.85. The summed E-state index contributed by atoms with van der Waals surface area (Å²) in [5.74, 6) is 1.61. The summed E-state index contributed by atoms with van der Waals surface area (Å²) in [5.41, 5.74) is 0. The van der Waals surface area contributed by atoms with Crippen LogP contribution in [0.15, 0.2) is 47.7 Å². The highest BCUT2D eigenvalue weighted by atomic mass is 79.9. The molecular weight excluding hydrogens is 346 g/mol. The van der Waals surface area contributed by atoms with Gasteiger partial charge in [0.25, 0.3) is 0 Å². The van der Waals surface area contributed by atoms with E-state index in [-0.39, 0.29) is 0 Å². The molecule has 4 rings (SSSR count). The van der Waals surface area contributed by atoms with Crippen molar-refractivity contribution in [2.75, 3.05) is 18.0 Å². The first-order chi connectivity index (χ1) is 10.8. The van der Waals surface area contributed by atoms with Gasteiger partial charge in [0.05, 0.1) is 29.1 Å². The number of rotatable bonds is 3. The van der Waals surface area contributed by atoms with Crippen molar-refractivity contribution in [2.24, 2.45) is 0 Å². The molecule has 1 aliphatic rings. The van der Waals surface area contributed by atoms with Gasteiger partial charge in [-0.15, -0.1) is 0 Å². The van der Waals surface area contributed by atoms with E-state index < -0.39 is 0 Å². The monoisotopic (exact) mass is 359 g/mol. The van der Waals surface area contributed by atoms with Gasteiger partial charge in [0, 0.05) is 31.7 Å². The average Bonchev–Trinajstić information content (AvgIpc) is 3.28. The van der Waals surface area contributed by atoms with Crippen LogP contribution < -0.4 is 4.90 Å². The zero-order valence-corrected chi connectivity index (χ0v) is 13.3. The molecule has 0 spiro atoms. The zero-order chi connectivity index (χ0) is 14.9. The minimum Gasteiger partial charge on any atom is -0.353 e. The van der Waals surface area contributed by atoms with E-state index in [4.69, 9.17) is 0 Å². The molecule has 0 radical (unpaired) electrons. The summed E-state index contributed by atoms with van der Waals surface area (Å²) >= 11 is 3.44. The summed E-state index contributed by atoms with van der Waals surface area (Å²) in [5, 5.41) is 8.57. The van der Waals surface area contributed by atoms with Crippen molar-refractivity contribution < 1.29 is 0 Å². The molecule has 1 fully saturated rings. The number of halogens is 1. The third kappa shape index (κ3) is 2.50. The Hall–Kier alpha value is -2.22. The van der Waals surface area contributed by atoms with Crippen molar-refractivity contribution >= 4 is 21.7 Å². The Labute approximate surface area is 135 Å². The summed E-state index contributed by atoms with van der Waals surface area (Å²) in [6.07, 6.45) is 12.0. The van der Waals surface area contributed by atoms with Crippen LogP contribution in [0.3, 0.4) is 0 Å². The summed E-state index contributed by atoms with van der Waals surface area (Å²) in [6, 6.07) is 2.23. The van der Waals surface area contributed by atoms with Crippen LogP contribution in [-0.2, 0) is 0 Å². The molecule has 7 nitrogen and oxygen atoms in total. The van der Waals surface area contributed by atoms with Crippen LogP contribution in [0.4, 0.5) is 5.82 Å². The number of aromatic nitrogens is 6. The molecule has 22 heavy (non-hydrogen) atoms. The predicted octanol–water partition coefficient (Wildman–Crippen LogP) is 2.07. The molecule has 3 aromatic rings. The van der Waals surface area contributed by atoms with Crippen LogP contribution >= 0.6 is 15.9 Å². The molecule has 4 heterocycles. The SMILES string of the molecule is Brc1cnn(C2CCN(c3cncc(-n4cccn4)n3)C2)c1. The third-order valence-corrected chi connectivity index (χ3v) is 4.19. The summed E-state index contributed by atoms with van der Waals surface area (Å²) in [4.78, 5) is 11.2. The second-order valence-electron chi connectivity index (χ2n) is 5.21. The molecule has 112 valence electrons. The second kappa shape index (κ2) is 5.53. The number of nitrogens with zero attached hydrogens (tertiary/aromatic N) is 7. The van der Waals surface area contributed by atoms with Crippen LogP contribution in [0.1, 0.15) is 12.5 Å². The maximum Gasteiger partial charge on any atom is 0.173 e. The van der Waals surface area contributed by atoms with Crippen molar-refractivity contribution in [1.82, 2.24) is 29.5 Å². The first-order valence-electron chi connectivity index (χ1n) is 7.06. The van der Waals surface area contributed by atoms with E-state index in [1.807, 2.05) is 29.3 Å². The topological polar surface area (TPSA) is 64.7 Å². The van der Waals surface area contributed by atoms with Gasteiger partial charge in [0.1, 0.15) is 5.82 Å². The Morgan fingerprint density at radius 1 is 1.14 bits per heavy atom. The van der Waals surface area contributed by atoms with E-state index in [1.54, 1.807) is 23.3 Å². The third-order valence-electron chi connectivity index (χ3n) is 3.78. The van der Waals surface area contributed by atoms with Crippen molar-refractivity contribution in [3.63, 3.8) is 0 Å². The molecule has 0 bridgehead atoms. The maximum atomic E-state index is 4.66. The van der Waals surface area contributed by atoms with Gasteiger partial charge in [-0.2, -0.15) is 10.2 Å². The average molecular weight is 360 g/mol. The van der Waals surface area contributed by atoms with Crippen LogP contribution in [0.5, 0.6) is 0 Å². The lowest BCUT2D eigenvalue weighted by Crippen LogP contribution is -2.22. The van der Waals surface area contributed by atoms with Crippen molar-refractivity contribution in [3.8, 4) is 5.82 Å². The lowest BCUT2D eigenvalue weighted by molar-refractivity contribution is 0.494. The van der Waals surface area contributed by atoms with E-state index in [0.29, 0.717) is 6.04 Å². The fourth-order valence-electron chi connectivity index (χ4n) is 2.69. The molecule has 0 aliphatic carbocycles. The molecule has 3 aromatic heterocycles. The van der Waals surface area contributed by atoms with Crippen molar-refractivity contribution in [2.45, 2.75) is 12.5 Å². The van der Waals surface area contributed by atoms with Gasteiger partial charge < -0.3 is 4.90 Å². The van der Waals surface area contributed by atoms with E-state index in [9.17, 15) is 0 Å². The lowest BCUT2D eigenvalue weighted by Gasteiger charge is -2.17. The summed E-state index contributed by atoms with van der Waals surface area (Å²) < 4.78 is 4.73. The molecule has 0 amide bonds. The molecule has 1 aliphatic heterocycles. The predicted molar refractivity (Wildman–Crippen MR) is 84.9 cm³/mol. The Balaban J connectivity index is 1.55. The molecule has 8 heteroatoms. The number of anilines is 1. The standard InChI is InChI=1S/C14H14BrN7/c15-11-6-18-22(9-11)12-2-5-20(10-12)13-7-16-8-14(19-13)21-4-1-3-17-21/h1,3-4,6-9,12H,2,5,10H2. The normalized spacial score (nSPS) is 18.0. The molecular formula is C14H14BrN7. The number of hydrogen-bond acceptors (Lipinski definition) is 5. The van der Waals surface area contributed by atoms with Crippen LogP contribution in [0.25, 0.3) is 5.82 Å². The first kappa shape index (κ1) is 13.4. The van der Waals surface area contributed by atoms with Crippen LogP contribution in [0.2, 0.25) is 0 Å². The van der Waals surface area contributed by atoms with Gasteiger partial charge in [0.2, 0.25) is 0 Å². The summed E-state index contributed by atoms with van der Waals surface area (Å²) in [6.45, 7) is 1.82. The van der Waals surface area contributed by atoms with Gasteiger partial charge in [-0.25, -0.2) is 9.67 Å². The van der Waals surface area contributed by atoms with Gasteiger partial charge >= 0.3 is 0 Å². The Morgan fingerprint density at radius 2 is 2.05 bits per heavy atom. The van der Waals surface area contributed by atoms with E-state index >= 15 is 0 Å². The Morgan fingerprint density at radius 3 is 2.82 bits per heavy atom. The highest BCUT2D eigenvalue weighted by molar-refractivity contribution is 9.10. The Kier molecular flexibility index (Phi) is 3.38. The minimum atomic E-state index is 0.362. The van der Waals surface area contributed by atoms with E-state index in [0.717, 1.165) is 35.6 Å².